The molecule has 3 heteroatoms. The zero-order valence-electron chi connectivity index (χ0n) is 12.1. The first kappa shape index (κ1) is 19.5. The van der Waals surface area contributed by atoms with Gasteiger partial charge in [-0.1, -0.05) is 58.3 Å². The van der Waals surface area contributed by atoms with Crippen molar-refractivity contribution < 1.29 is 22.3 Å². The summed E-state index contributed by atoms with van der Waals surface area (Å²) in [6, 6.07) is 0. The molecule has 0 aromatic rings. The first-order chi connectivity index (χ1) is 7.56. The van der Waals surface area contributed by atoms with Gasteiger partial charge in [-0.2, -0.15) is 4.65 Å². The third-order valence-corrected chi connectivity index (χ3v) is 3.06. The van der Waals surface area contributed by atoms with Gasteiger partial charge < -0.3 is 12.4 Å². The highest BCUT2D eigenvalue weighted by atomic mass is 35.5. The molecule has 0 spiro atoms. The van der Waals surface area contributed by atoms with Crippen LogP contribution >= 0.6 is 0 Å². The molecule has 0 saturated carbocycles. The molecule has 0 aromatic carbocycles. The number of halogens is 1. The summed E-state index contributed by atoms with van der Waals surface area (Å²) in [5.74, 6) is 0. The Hall–Kier alpha value is 0.210. The lowest BCUT2D eigenvalue weighted by Crippen LogP contribution is -3.00. The third kappa shape index (κ3) is 18.8. The van der Waals surface area contributed by atoms with Gasteiger partial charge in [-0.3, -0.25) is 0 Å². The average molecular weight is 266 g/mol. The van der Waals surface area contributed by atoms with Gasteiger partial charge in [0.25, 0.3) is 0 Å². The zero-order chi connectivity index (χ0) is 12.3. The highest BCUT2D eigenvalue weighted by molar-refractivity contribution is 4.47. The molecule has 0 unspecified atom stereocenters. The van der Waals surface area contributed by atoms with Gasteiger partial charge >= 0.3 is 0 Å². The lowest BCUT2D eigenvalue weighted by molar-refractivity contribution is -1.07. The summed E-state index contributed by atoms with van der Waals surface area (Å²) in [6.45, 7) is 3.15. The van der Waals surface area contributed by atoms with E-state index in [4.69, 9.17) is 0 Å². The molecule has 0 aliphatic heterocycles. The van der Waals surface area contributed by atoms with Crippen molar-refractivity contribution in [2.45, 2.75) is 71.1 Å². The van der Waals surface area contributed by atoms with Crippen molar-refractivity contribution in [1.82, 2.24) is 0 Å². The maximum atomic E-state index is 9.48. The van der Waals surface area contributed by atoms with E-state index < -0.39 is 0 Å². The van der Waals surface area contributed by atoms with Gasteiger partial charge in [0.2, 0.25) is 0 Å². The van der Waals surface area contributed by atoms with Gasteiger partial charge in [0, 0.05) is 0 Å². The van der Waals surface area contributed by atoms with Crippen LogP contribution in [-0.2, 0) is 0 Å². The Balaban J connectivity index is 0. The topological polar surface area (TPSA) is 20.2 Å². The SMILES string of the molecule is CCCCCCCCCCCC[N+](C)(C)O.[Cl-]. The summed E-state index contributed by atoms with van der Waals surface area (Å²) in [6.07, 6.45) is 13.6. The minimum Gasteiger partial charge on any atom is -1.00 e. The molecule has 0 rings (SSSR count). The van der Waals surface area contributed by atoms with Crippen molar-refractivity contribution in [3.05, 3.63) is 0 Å². The molecule has 0 amide bonds. The normalized spacial score (nSPS) is 11.3. The molecule has 0 bridgehead atoms. The molecule has 0 fully saturated rings. The van der Waals surface area contributed by atoms with Crippen LogP contribution in [0.4, 0.5) is 0 Å². The van der Waals surface area contributed by atoms with E-state index in [1.54, 1.807) is 0 Å². The van der Waals surface area contributed by atoms with Gasteiger partial charge in [-0.25, -0.2) is 5.21 Å². The van der Waals surface area contributed by atoms with Crippen molar-refractivity contribution in [3.8, 4) is 0 Å². The van der Waals surface area contributed by atoms with Crippen LogP contribution in [-0.4, -0.2) is 30.5 Å². The summed E-state index contributed by atoms with van der Waals surface area (Å²) in [4.78, 5) is 0. The Kier molecular flexibility index (Phi) is 14.6. The van der Waals surface area contributed by atoms with Crippen LogP contribution in [0.2, 0.25) is 0 Å². The maximum Gasteiger partial charge on any atom is 0.108 e. The predicted octanol–water partition coefficient (Wildman–Crippen LogP) is 1.38. The monoisotopic (exact) mass is 265 g/mol. The molecule has 17 heavy (non-hydrogen) atoms. The number of quaternary nitrogens is 1. The van der Waals surface area contributed by atoms with E-state index in [1.165, 1.54) is 57.8 Å². The molecule has 0 aromatic heterocycles. The largest absolute Gasteiger partial charge is 1.00 e. The van der Waals surface area contributed by atoms with Crippen LogP contribution in [0.25, 0.3) is 0 Å². The molecule has 0 aliphatic carbocycles. The molecular formula is C14H32ClNO. The Morgan fingerprint density at radius 2 is 1.06 bits per heavy atom. The van der Waals surface area contributed by atoms with Gasteiger partial charge in [-0.15, -0.1) is 0 Å². The lowest BCUT2D eigenvalue weighted by atomic mass is 10.1. The summed E-state index contributed by atoms with van der Waals surface area (Å²) in [7, 11) is 3.68. The highest BCUT2D eigenvalue weighted by Crippen LogP contribution is 2.10. The maximum absolute atomic E-state index is 9.48. The van der Waals surface area contributed by atoms with Gasteiger partial charge in [0.05, 0.1) is 14.1 Å². The smallest absolute Gasteiger partial charge is 0.108 e. The van der Waals surface area contributed by atoms with Crippen LogP contribution < -0.4 is 12.4 Å². The minimum atomic E-state index is 0. The second kappa shape index (κ2) is 12.7. The molecule has 106 valence electrons. The van der Waals surface area contributed by atoms with E-state index in [-0.39, 0.29) is 17.1 Å². The van der Waals surface area contributed by atoms with Crippen molar-refractivity contribution in [3.63, 3.8) is 0 Å². The zero-order valence-corrected chi connectivity index (χ0v) is 12.8. The van der Waals surface area contributed by atoms with E-state index in [9.17, 15) is 5.21 Å². The van der Waals surface area contributed by atoms with E-state index in [1.807, 2.05) is 14.1 Å². The molecular weight excluding hydrogens is 234 g/mol. The second-order valence-corrected chi connectivity index (χ2v) is 5.53. The van der Waals surface area contributed by atoms with Gasteiger partial charge in [0.15, 0.2) is 0 Å². The van der Waals surface area contributed by atoms with E-state index in [0.29, 0.717) is 0 Å². The van der Waals surface area contributed by atoms with Crippen molar-refractivity contribution in [2.24, 2.45) is 0 Å². The second-order valence-electron chi connectivity index (χ2n) is 5.53. The fourth-order valence-electron chi connectivity index (χ4n) is 1.99. The number of hydrogen-bond donors (Lipinski definition) is 1. The fraction of sp³-hybridized carbons (Fsp3) is 1.00. The molecule has 0 heterocycles. The average Bonchev–Trinajstić information content (AvgIpc) is 2.19. The van der Waals surface area contributed by atoms with Crippen molar-refractivity contribution in [1.29, 1.82) is 0 Å². The number of nitrogens with zero attached hydrogens (tertiary/aromatic N) is 1. The highest BCUT2D eigenvalue weighted by Gasteiger charge is 2.08. The lowest BCUT2D eigenvalue weighted by Gasteiger charge is -2.18. The van der Waals surface area contributed by atoms with Crippen molar-refractivity contribution >= 4 is 0 Å². The van der Waals surface area contributed by atoms with Crippen LogP contribution in [0.3, 0.4) is 0 Å². The number of rotatable bonds is 11. The molecule has 0 saturated heterocycles. The van der Waals surface area contributed by atoms with Gasteiger partial charge in [0.1, 0.15) is 6.54 Å². The number of unbranched alkanes of at least 4 members (excludes halogenated alkanes) is 9. The van der Waals surface area contributed by atoms with Crippen LogP contribution in [0.1, 0.15) is 71.1 Å². The Morgan fingerprint density at radius 1 is 0.706 bits per heavy atom. The Morgan fingerprint density at radius 3 is 1.41 bits per heavy atom. The molecule has 1 N–H and O–H groups in total. The standard InChI is InChI=1S/C14H32NO.ClH/c1-4-5-6-7-8-9-10-11-12-13-14-15(2,3)16;/h16H,4-14H2,1-3H3;1H/q+1;/p-1. The molecule has 2 nitrogen and oxygen atoms in total. The van der Waals surface area contributed by atoms with Crippen LogP contribution in [0.15, 0.2) is 0 Å². The number of hydrogen-bond acceptors (Lipinski definition) is 1. The van der Waals surface area contributed by atoms with Gasteiger partial charge in [-0.05, 0) is 12.8 Å². The fourth-order valence-corrected chi connectivity index (χ4v) is 1.99. The summed E-state index contributed by atoms with van der Waals surface area (Å²) in [5.41, 5.74) is 0. The minimum absolute atomic E-state index is 0. The third-order valence-electron chi connectivity index (χ3n) is 3.06. The Labute approximate surface area is 114 Å². The van der Waals surface area contributed by atoms with Crippen LogP contribution in [0.5, 0.6) is 0 Å². The summed E-state index contributed by atoms with van der Waals surface area (Å²) in [5, 5.41) is 9.48. The van der Waals surface area contributed by atoms with E-state index in [0.717, 1.165) is 13.0 Å². The van der Waals surface area contributed by atoms with E-state index in [2.05, 4.69) is 6.92 Å². The summed E-state index contributed by atoms with van der Waals surface area (Å²) < 4.78 is 0.122. The Bertz CT molecular complexity index is 146. The van der Waals surface area contributed by atoms with Crippen LogP contribution in [0, 0.1) is 0 Å². The quantitative estimate of drug-likeness (QED) is 0.340. The number of hydroxylamine groups is 3. The molecule has 0 radical (unpaired) electrons. The van der Waals surface area contributed by atoms with E-state index >= 15 is 0 Å². The first-order valence-corrected chi connectivity index (χ1v) is 7.12. The molecule has 0 atom stereocenters. The molecule has 0 aliphatic rings. The van der Waals surface area contributed by atoms with Crippen molar-refractivity contribution in [2.75, 3.05) is 20.6 Å². The predicted molar refractivity (Wildman–Crippen MR) is 70.6 cm³/mol. The first-order valence-electron chi connectivity index (χ1n) is 7.12. The summed E-state index contributed by atoms with van der Waals surface area (Å²) >= 11 is 0.